The molecule has 0 N–H and O–H groups in total. The van der Waals surface area contributed by atoms with E-state index in [1.54, 1.807) is 0 Å². The summed E-state index contributed by atoms with van der Waals surface area (Å²) in [6.45, 7) is 0.831. The van der Waals surface area contributed by atoms with Crippen LogP contribution in [-0.4, -0.2) is 24.6 Å². The molecule has 48 valence electrons. The average Bonchev–Trinajstić information content (AvgIpc) is 2.07. The highest BCUT2D eigenvalue weighted by Crippen LogP contribution is 2.27. The number of carbonyl (C=O) groups is 1. The molecule has 2 heterocycles. The highest BCUT2D eigenvalue weighted by molar-refractivity contribution is 5.99. The van der Waals surface area contributed by atoms with Crippen molar-refractivity contribution in [2.75, 3.05) is 13.2 Å². The first-order valence-electron chi connectivity index (χ1n) is 2.80. The lowest BCUT2D eigenvalue weighted by Crippen LogP contribution is -2.54. The Kier molecular flexibility index (Phi) is 0.754. The summed E-state index contributed by atoms with van der Waals surface area (Å²) in [5, 5.41) is 0. The van der Waals surface area contributed by atoms with Gasteiger partial charge in [-0.3, -0.25) is 4.79 Å². The van der Waals surface area contributed by atoms with Crippen molar-refractivity contribution in [1.82, 2.24) is 0 Å². The van der Waals surface area contributed by atoms with E-state index in [2.05, 4.69) is 0 Å². The third-order valence-corrected chi connectivity index (χ3v) is 1.63. The van der Waals surface area contributed by atoms with Gasteiger partial charge in [0.1, 0.15) is 0 Å². The van der Waals surface area contributed by atoms with Gasteiger partial charge in [0.15, 0.2) is 0 Å². The molecular weight excluding hydrogens is 120 g/mol. The summed E-state index contributed by atoms with van der Waals surface area (Å²) in [4.78, 5) is 10.9. The van der Waals surface area contributed by atoms with E-state index in [4.69, 9.17) is 9.47 Å². The molecule has 0 unspecified atom stereocenters. The molecule has 0 saturated carbocycles. The van der Waals surface area contributed by atoms with Crippen LogP contribution in [0.4, 0.5) is 0 Å². The van der Waals surface area contributed by atoms with Crippen molar-refractivity contribution in [3.63, 3.8) is 0 Å². The number of rotatable bonds is 0. The van der Waals surface area contributed by atoms with Crippen LogP contribution in [0.2, 0.25) is 0 Å². The summed E-state index contributed by atoms with van der Waals surface area (Å²) in [7, 11) is 0. The van der Waals surface area contributed by atoms with Gasteiger partial charge in [-0.25, -0.2) is 0 Å². The molecule has 1 spiro atoms. The summed E-state index contributed by atoms with van der Waals surface area (Å²) >= 11 is 0. The molecule has 0 aromatic carbocycles. The van der Waals surface area contributed by atoms with Crippen LogP contribution in [-0.2, 0) is 14.3 Å². The Bertz CT molecular complexity index is 179. The summed E-state index contributed by atoms with van der Waals surface area (Å²) in [6.07, 6.45) is 2.88. The van der Waals surface area contributed by atoms with E-state index in [0.717, 1.165) is 0 Å². The van der Waals surface area contributed by atoms with Gasteiger partial charge in [-0.2, -0.15) is 0 Å². The van der Waals surface area contributed by atoms with Gasteiger partial charge in [0.25, 0.3) is 0 Å². The number of hydrogen-bond donors (Lipinski definition) is 0. The minimum Gasteiger partial charge on any atom is -0.482 e. The quantitative estimate of drug-likeness (QED) is 0.453. The van der Waals surface area contributed by atoms with Crippen LogP contribution in [0.1, 0.15) is 0 Å². The Hall–Kier alpha value is -0.830. The fraction of sp³-hybridized carbons (Fsp3) is 0.500. The molecule has 3 nitrogen and oxygen atoms in total. The standard InChI is InChI=1S/C6H6O3/c7-5-1-2-9-6(5)3-8-4-6/h1-2H,3-4H2. The molecule has 0 amide bonds. The molecule has 3 heteroatoms. The Balaban J connectivity index is 2.23. The third-order valence-electron chi connectivity index (χ3n) is 1.63. The van der Waals surface area contributed by atoms with Crippen molar-refractivity contribution in [1.29, 1.82) is 0 Å². The minimum atomic E-state index is -0.597. The lowest BCUT2D eigenvalue weighted by Gasteiger charge is -2.34. The van der Waals surface area contributed by atoms with Crippen LogP contribution in [0.3, 0.4) is 0 Å². The number of ether oxygens (including phenoxy) is 2. The Morgan fingerprint density at radius 1 is 1.56 bits per heavy atom. The molecule has 1 saturated heterocycles. The molecule has 0 radical (unpaired) electrons. The second kappa shape index (κ2) is 1.36. The first kappa shape index (κ1) is 4.99. The fourth-order valence-electron chi connectivity index (χ4n) is 0.934. The Labute approximate surface area is 52.3 Å². The van der Waals surface area contributed by atoms with Crippen LogP contribution in [0.25, 0.3) is 0 Å². The van der Waals surface area contributed by atoms with E-state index < -0.39 is 5.60 Å². The van der Waals surface area contributed by atoms with Gasteiger partial charge in [-0.15, -0.1) is 0 Å². The number of carbonyl (C=O) groups excluding carboxylic acids is 1. The maximum absolute atomic E-state index is 10.9. The van der Waals surface area contributed by atoms with Gasteiger partial charge < -0.3 is 9.47 Å². The zero-order valence-corrected chi connectivity index (χ0v) is 4.79. The van der Waals surface area contributed by atoms with Gasteiger partial charge >= 0.3 is 0 Å². The maximum atomic E-state index is 10.9. The monoisotopic (exact) mass is 126 g/mol. The van der Waals surface area contributed by atoms with Crippen LogP contribution in [0, 0.1) is 0 Å². The highest BCUT2D eigenvalue weighted by Gasteiger charge is 2.48. The van der Waals surface area contributed by atoms with E-state index in [-0.39, 0.29) is 5.78 Å². The largest absolute Gasteiger partial charge is 0.482 e. The Morgan fingerprint density at radius 2 is 2.33 bits per heavy atom. The van der Waals surface area contributed by atoms with Crippen LogP contribution < -0.4 is 0 Å². The van der Waals surface area contributed by atoms with Gasteiger partial charge in [0.2, 0.25) is 11.4 Å². The molecule has 2 aliphatic rings. The molecular formula is C6H6O3. The molecule has 0 aromatic heterocycles. The molecule has 0 atom stereocenters. The molecule has 2 rings (SSSR count). The second-order valence-corrected chi connectivity index (χ2v) is 2.27. The molecule has 1 fully saturated rings. The molecule has 0 bridgehead atoms. The van der Waals surface area contributed by atoms with Gasteiger partial charge in [-0.05, 0) is 0 Å². The minimum absolute atomic E-state index is 0.0359. The van der Waals surface area contributed by atoms with Crippen molar-refractivity contribution in [2.24, 2.45) is 0 Å². The predicted molar refractivity (Wildman–Crippen MR) is 28.8 cm³/mol. The summed E-state index contributed by atoms with van der Waals surface area (Å²) in [5.74, 6) is 0.0359. The van der Waals surface area contributed by atoms with Crippen molar-refractivity contribution in [2.45, 2.75) is 5.60 Å². The molecule has 0 aromatic rings. The van der Waals surface area contributed by atoms with Crippen molar-refractivity contribution in [3.05, 3.63) is 12.3 Å². The summed E-state index contributed by atoms with van der Waals surface area (Å²) in [5.41, 5.74) is -0.597. The Morgan fingerprint density at radius 3 is 2.56 bits per heavy atom. The van der Waals surface area contributed by atoms with E-state index in [1.807, 2.05) is 0 Å². The van der Waals surface area contributed by atoms with Gasteiger partial charge in [-0.1, -0.05) is 0 Å². The second-order valence-electron chi connectivity index (χ2n) is 2.27. The predicted octanol–water partition coefficient (Wildman–Crippen LogP) is -0.132. The van der Waals surface area contributed by atoms with E-state index in [1.165, 1.54) is 12.3 Å². The van der Waals surface area contributed by atoms with Crippen LogP contribution in [0.5, 0.6) is 0 Å². The SMILES string of the molecule is O=C1C=COC12COC2. The van der Waals surface area contributed by atoms with Gasteiger partial charge in [0, 0.05) is 6.08 Å². The van der Waals surface area contributed by atoms with Crippen LogP contribution >= 0.6 is 0 Å². The van der Waals surface area contributed by atoms with Crippen molar-refractivity contribution < 1.29 is 14.3 Å². The summed E-state index contributed by atoms with van der Waals surface area (Å²) < 4.78 is 9.88. The molecule has 9 heavy (non-hydrogen) atoms. The zero-order chi connectivity index (χ0) is 6.32. The maximum Gasteiger partial charge on any atom is 0.216 e. The number of hydrogen-bond acceptors (Lipinski definition) is 3. The van der Waals surface area contributed by atoms with E-state index in [9.17, 15) is 4.79 Å². The first-order valence-corrected chi connectivity index (χ1v) is 2.80. The van der Waals surface area contributed by atoms with E-state index >= 15 is 0 Å². The summed E-state index contributed by atoms with van der Waals surface area (Å²) in [6, 6.07) is 0. The van der Waals surface area contributed by atoms with Gasteiger partial charge in [0.05, 0.1) is 19.5 Å². The normalized spacial score (nSPS) is 28.2. The smallest absolute Gasteiger partial charge is 0.216 e. The van der Waals surface area contributed by atoms with E-state index in [0.29, 0.717) is 13.2 Å². The topological polar surface area (TPSA) is 35.5 Å². The average molecular weight is 126 g/mol. The third kappa shape index (κ3) is 0.471. The van der Waals surface area contributed by atoms with Crippen molar-refractivity contribution in [3.8, 4) is 0 Å². The number of ketones is 1. The fourth-order valence-corrected chi connectivity index (χ4v) is 0.934. The first-order chi connectivity index (χ1) is 4.33. The zero-order valence-electron chi connectivity index (χ0n) is 4.79. The lowest BCUT2D eigenvalue weighted by atomic mass is 9.98. The van der Waals surface area contributed by atoms with Crippen LogP contribution in [0.15, 0.2) is 12.3 Å². The molecule has 2 aliphatic heterocycles. The lowest BCUT2D eigenvalue weighted by molar-refractivity contribution is -0.180. The molecule has 0 aliphatic carbocycles. The van der Waals surface area contributed by atoms with Crippen molar-refractivity contribution >= 4 is 5.78 Å². The highest BCUT2D eigenvalue weighted by atomic mass is 16.6.